The molecule has 1 aromatic carbocycles. The summed E-state index contributed by atoms with van der Waals surface area (Å²) < 4.78 is 1.23. The molecule has 74 valence electrons. The van der Waals surface area contributed by atoms with E-state index in [9.17, 15) is 0 Å². The van der Waals surface area contributed by atoms with Gasteiger partial charge in [0.15, 0.2) is 0 Å². The predicted octanol–water partition coefficient (Wildman–Crippen LogP) is 2.70. The largest absolute Gasteiger partial charge is 0.316 e. The number of hydrogen-bond acceptors (Lipinski definition) is 1. The average molecular weight is 252 g/mol. The van der Waals surface area contributed by atoms with E-state index in [0.29, 0.717) is 0 Å². The van der Waals surface area contributed by atoms with E-state index in [-0.39, 0.29) is 0 Å². The van der Waals surface area contributed by atoms with Crippen molar-refractivity contribution in [3.05, 3.63) is 33.8 Å². The second-order valence-corrected chi connectivity index (χ2v) is 5.42. The summed E-state index contributed by atoms with van der Waals surface area (Å²) in [6.45, 7) is 2.38. The minimum absolute atomic E-state index is 0.769. The van der Waals surface area contributed by atoms with Crippen LogP contribution in [0.3, 0.4) is 0 Å². The molecule has 0 radical (unpaired) electrons. The highest BCUT2D eigenvalue weighted by Crippen LogP contribution is 2.37. The van der Waals surface area contributed by atoms with Gasteiger partial charge in [-0.3, -0.25) is 0 Å². The maximum atomic E-state index is 3.55. The number of nitrogens with one attached hydrogen (secondary N) is 1. The van der Waals surface area contributed by atoms with E-state index in [1.54, 1.807) is 11.1 Å². The fraction of sp³-hybridized carbons (Fsp3) is 0.500. The predicted molar refractivity (Wildman–Crippen MR) is 61.6 cm³/mol. The molecule has 2 aliphatic rings. The summed E-state index contributed by atoms with van der Waals surface area (Å²) in [7, 11) is 0. The zero-order valence-corrected chi connectivity index (χ0v) is 9.68. The second-order valence-electron chi connectivity index (χ2n) is 4.50. The third kappa shape index (κ3) is 1.41. The van der Waals surface area contributed by atoms with E-state index >= 15 is 0 Å². The summed E-state index contributed by atoms with van der Waals surface area (Å²) in [5.74, 6) is 1.64. The maximum absolute atomic E-state index is 3.55. The van der Waals surface area contributed by atoms with Crippen molar-refractivity contribution in [3.63, 3.8) is 0 Å². The van der Waals surface area contributed by atoms with Crippen LogP contribution in [0.5, 0.6) is 0 Å². The van der Waals surface area contributed by atoms with E-state index in [0.717, 1.165) is 11.8 Å². The molecule has 3 rings (SSSR count). The highest BCUT2D eigenvalue weighted by molar-refractivity contribution is 9.10. The number of fused-ring (bicyclic) bond motifs is 4. The van der Waals surface area contributed by atoms with E-state index in [2.05, 4.69) is 39.4 Å². The molecular formula is C12H14BrN. The zero-order chi connectivity index (χ0) is 9.54. The highest BCUT2D eigenvalue weighted by Gasteiger charge is 2.29. The van der Waals surface area contributed by atoms with Gasteiger partial charge in [0.2, 0.25) is 0 Å². The number of halogens is 1. The molecule has 0 amide bonds. The topological polar surface area (TPSA) is 12.0 Å². The first-order chi connectivity index (χ1) is 6.83. The van der Waals surface area contributed by atoms with Crippen LogP contribution in [-0.2, 0) is 6.42 Å². The molecule has 2 atom stereocenters. The normalized spacial score (nSPS) is 29.8. The maximum Gasteiger partial charge on any atom is 0.0178 e. The van der Waals surface area contributed by atoms with Gasteiger partial charge in [-0.25, -0.2) is 0 Å². The van der Waals surface area contributed by atoms with Gasteiger partial charge in [-0.15, -0.1) is 0 Å². The Hall–Kier alpha value is -0.340. The van der Waals surface area contributed by atoms with Gasteiger partial charge in [0, 0.05) is 11.0 Å². The standard InChI is InChI=1S/C12H14BrN/c13-11-1-2-12-9(5-11)3-8-4-10(12)7-14-6-8/h1-2,5,8,10,14H,3-4,6-7H2. The molecule has 0 spiro atoms. The molecule has 2 unspecified atom stereocenters. The minimum Gasteiger partial charge on any atom is -0.316 e. The molecule has 1 aromatic rings. The monoisotopic (exact) mass is 251 g/mol. The molecule has 0 aromatic heterocycles. The van der Waals surface area contributed by atoms with Crippen molar-refractivity contribution in [1.29, 1.82) is 0 Å². The Morgan fingerprint density at radius 1 is 1.29 bits per heavy atom. The molecule has 2 heteroatoms. The van der Waals surface area contributed by atoms with E-state index in [4.69, 9.17) is 0 Å². The molecule has 1 aliphatic carbocycles. The Morgan fingerprint density at radius 3 is 3.14 bits per heavy atom. The van der Waals surface area contributed by atoms with Gasteiger partial charge in [-0.05, 0) is 54.5 Å². The summed E-state index contributed by atoms with van der Waals surface area (Å²) in [6.07, 6.45) is 2.65. The Morgan fingerprint density at radius 2 is 2.21 bits per heavy atom. The number of rotatable bonds is 0. The quantitative estimate of drug-likeness (QED) is 0.748. The smallest absolute Gasteiger partial charge is 0.0178 e. The Labute approximate surface area is 93.0 Å². The van der Waals surface area contributed by atoms with Crippen LogP contribution in [0.2, 0.25) is 0 Å². The molecule has 0 saturated carbocycles. The third-order valence-corrected chi connectivity index (χ3v) is 3.99. The second kappa shape index (κ2) is 3.35. The lowest BCUT2D eigenvalue weighted by Crippen LogP contribution is -2.39. The lowest BCUT2D eigenvalue weighted by Gasteiger charge is -2.36. The average Bonchev–Trinajstić information content (AvgIpc) is 2.17. The van der Waals surface area contributed by atoms with Gasteiger partial charge >= 0.3 is 0 Å². The van der Waals surface area contributed by atoms with Crippen molar-refractivity contribution in [2.24, 2.45) is 5.92 Å². The number of hydrogen-bond donors (Lipinski definition) is 1. The van der Waals surface area contributed by atoms with Crippen LogP contribution in [0.15, 0.2) is 22.7 Å². The van der Waals surface area contributed by atoms with Crippen molar-refractivity contribution < 1.29 is 0 Å². The van der Waals surface area contributed by atoms with Crippen LogP contribution in [0, 0.1) is 5.92 Å². The lowest BCUT2D eigenvalue weighted by molar-refractivity contribution is 0.318. The Bertz CT molecular complexity index is 361. The fourth-order valence-corrected chi connectivity index (χ4v) is 3.29. The van der Waals surface area contributed by atoms with E-state index in [1.165, 1.54) is 30.4 Å². The van der Waals surface area contributed by atoms with Crippen LogP contribution in [0.25, 0.3) is 0 Å². The van der Waals surface area contributed by atoms with Crippen LogP contribution in [0.4, 0.5) is 0 Å². The molecule has 1 fully saturated rings. The summed E-state index contributed by atoms with van der Waals surface area (Å²) >= 11 is 3.55. The van der Waals surface area contributed by atoms with Crippen LogP contribution < -0.4 is 5.32 Å². The van der Waals surface area contributed by atoms with Gasteiger partial charge in [-0.1, -0.05) is 22.0 Å². The first-order valence-electron chi connectivity index (χ1n) is 5.32. The summed E-state index contributed by atoms with van der Waals surface area (Å²) in [6, 6.07) is 6.78. The van der Waals surface area contributed by atoms with Gasteiger partial charge in [0.1, 0.15) is 0 Å². The van der Waals surface area contributed by atoms with E-state index < -0.39 is 0 Å². The van der Waals surface area contributed by atoms with Gasteiger partial charge in [0.05, 0.1) is 0 Å². The molecule has 1 saturated heterocycles. The molecule has 1 N–H and O–H groups in total. The summed E-state index contributed by atoms with van der Waals surface area (Å²) in [5.41, 5.74) is 3.15. The SMILES string of the molecule is Brc1ccc2c(c1)CC1CNCC2C1. The molecule has 1 aliphatic heterocycles. The third-order valence-electron chi connectivity index (χ3n) is 3.50. The minimum atomic E-state index is 0.769. The number of piperidine rings is 1. The van der Waals surface area contributed by atoms with Gasteiger partial charge in [-0.2, -0.15) is 0 Å². The van der Waals surface area contributed by atoms with Gasteiger partial charge in [0.25, 0.3) is 0 Å². The van der Waals surface area contributed by atoms with Crippen molar-refractivity contribution in [3.8, 4) is 0 Å². The molecule has 1 nitrogen and oxygen atoms in total. The van der Waals surface area contributed by atoms with Crippen molar-refractivity contribution >= 4 is 15.9 Å². The zero-order valence-electron chi connectivity index (χ0n) is 8.09. The lowest BCUT2D eigenvalue weighted by atomic mass is 9.75. The first-order valence-corrected chi connectivity index (χ1v) is 6.11. The first kappa shape index (κ1) is 8.93. The van der Waals surface area contributed by atoms with Crippen LogP contribution in [-0.4, -0.2) is 13.1 Å². The van der Waals surface area contributed by atoms with Crippen molar-refractivity contribution in [2.75, 3.05) is 13.1 Å². The summed E-state index contributed by atoms with van der Waals surface area (Å²) in [5, 5.41) is 3.53. The van der Waals surface area contributed by atoms with Crippen LogP contribution in [0.1, 0.15) is 23.5 Å². The molecule has 2 bridgehead atoms. The Balaban J connectivity index is 2.06. The van der Waals surface area contributed by atoms with Crippen LogP contribution >= 0.6 is 15.9 Å². The Kier molecular flexibility index (Phi) is 2.14. The molecule has 1 heterocycles. The number of benzene rings is 1. The summed E-state index contributed by atoms with van der Waals surface area (Å²) in [4.78, 5) is 0. The molecular weight excluding hydrogens is 238 g/mol. The van der Waals surface area contributed by atoms with Crippen molar-refractivity contribution in [2.45, 2.75) is 18.8 Å². The fourth-order valence-electron chi connectivity index (χ4n) is 2.88. The highest BCUT2D eigenvalue weighted by atomic mass is 79.9. The molecule has 14 heavy (non-hydrogen) atoms. The van der Waals surface area contributed by atoms with E-state index in [1.807, 2.05) is 0 Å². The van der Waals surface area contributed by atoms with Gasteiger partial charge < -0.3 is 5.32 Å². The van der Waals surface area contributed by atoms with Crippen molar-refractivity contribution in [1.82, 2.24) is 5.32 Å².